The van der Waals surface area contributed by atoms with E-state index in [-0.39, 0.29) is 185 Å². The number of rotatable bonds is 70. The smallest absolute Gasteiger partial charge is 0.329 e. The third kappa shape index (κ3) is 61.0. The molecule has 0 spiro atoms. The Kier molecular flexibility index (Phi) is 55.2. The second-order valence-electron chi connectivity index (χ2n) is 17.4. The van der Waals surface area contributed by atoms with Gasteiger partial charge in [-0.15, -0.1) is 0 Å². The highest BCUT2D eigenvalue weighted by Crippen LogP contribution is 2.07. The molecule has 508 valence electrons. The Hall–Kier alpha value is -5.08. The quantitative estimate of drug-likeness (QED) is 0.0271. The molecule has 0 aromatic carbocycles. The summed E-state index contributed by atoms with van der Waals surface area (Å²) in [5.41, 5.74) is 0. The lowest BCUT2D eigenvalue weighted by Crippen LogP contribution is -2.36. The minimum absolute atomic E-state index is 0.000748. The highest BCUT2D eigenvalue weighted by molar-refractivity contribution is 5.70. The summed E-state index contributed by atoms with van der Waals surface area (Å²) in [5, 5.41) is 71.3. The van der Waals surface area contributed by atoms with Crippen LogP contribution in [0.1, 0.15) is 0 Å². The first kappa shape index (κ1) is 81.9. The van der Waals surface area contributed by atoms with Gasteiger partial charge in [-0.3, -0.25) is 0 Å². The molecule has 0 aliphatic rings. The maximum Gasteiger partial charge on any atom is 0.329 e. The molecule has 0 aliphatic heterocycles. The molecular formula is C50H86O37. The molecule has 37 heteroatoms. The van der Waals surface area contributed by atoms with Gasteiger partial charge in [0.25, 0.3) is 0 Å². The van der Waals surface area contributed by atoms with E-state index in [1.807, 2.05) is 0 Å². The van der Waals surface area contributed by atoms with Crippen molar-refractivity contribution < 1.29 is 179 Å². The minimum Gasteiger partial charge on any atom is -0.480 e. The summed E-state index contributed by atoms with van der Waals surface area (Å²) in [4.78, 5) is 87.3. The van der Waals surface area contributed by atoms with Crippen molar-refractivity contribution in [2.24, 2.45) is 0 Å². The predicted octanol–water partition coefficient (Wildman–Crippen LogP) is -3.78. The van der Waals surface area contributed by atoms with Crippen LogP contribution in [-0.2, 0) is 138 Å². The van der Waals surface area contributed by atoms with E-state index < -0.39 is 137 Å². The van der Waals surface area contributed by atoms with Gasteiger partial charge in [0.2, 0.25) is 0 Å². The van der Waals surface area contributed by atoms with Gasteiger partial charge in [0, 0.05) is 0 Å². The fourth-order valence-corrected chi connectivity index (χ4v) is 6.10. The average Bonchev–Trinajstić information content (AvgIpc) is 3.51. The second-order valence-corrected chi connectivity index (χ2v) is 17.4. The first-order valence-corrected chi connectivity index (χ1v) is 27.0. The molecule has 0 fully saturated rings. The summed E-state index contributed by atoms with van der Waals surface area (Å²) >= 11 is 0. The van der Waals surface area contributed by atoms with Gasteiger partial charge in [0.05, 0.1) is 185 Å². The van der Waals surface area contributed by atoms with Crippen LogP contribution in [0.25, 0.3) is 0 Å². The van der Waals surface area contributed by atoms with Crippen LogP contribution in [0.3, 0.4) is 0 Å². The van der Waals surface area contributed by atoms with Gasteiger partial charge in [-0.25, -0.2) is 38.4 Å². The Morgan fingerprint density at radius 1 is 0.172 bits per heavy atom. The molecule has 0 radical (unpaired) electrons. The standard InChI is InChI=1S/C50H86O37/c51-43(52)29-69-3-1-67-17-37(82-11-5-71-31-45(55)56)19-77-21-39(84-13-7-73-33-47(59)60)23-79-25-41(86-15-9-75-35-49(63)64)27-81-28-42(87-16-10-76-36-50(65)66)26-80-24-40(85-14-8-74-34-48(61)62)22-78-20-38(83-12-6-72-32-46(57)58)18-68-2-4-70-30-44(53)54/h37-42H,1-36H2,(H,51,52)(H,53,54)(H,55,56)(H,57,58)(H,59,60)(H,61,62)(H,63,64)(H,65,66). The lowest BCUT2D eigenvalue weighted by Gasteiger charge is -2.24. The summed E-state index contributed by atoms with van der Waals surface area (Å²) in [5.74, 6) is -9.53. The molecule has 0 saturated heterocycles. The second kappa shape index (κ2) is 58.6. The Balaban J connectivity index is 6.12. The van der Waals surface area contributed by atoms with E-state index in [2.05, 4.69) is 0 Å². The number of aliphatic carboxylic acids is 8. The van der Waals surface area contributed by atoms with Crippen LogP contribution in [-0.4, -0.2) is 363 Å². The number of carboxylic acid groups (broad SMARTS) is 8. The molecule has 37 nitrogen and oxygen atoms in total. The number of ether oxygens (including phenoxy) is 21. The summed E-state index contributed by atoms with van der Waals surface area (Å²) in [6.07, 6.45) is -4.89. The van der Waals surface area contributed by atoms with Crippen molar-refractivity contribution in [2.45, 2.75) is 36.6 Å². The lowest BCUT2D eigenvalue weighted by molar-refractivity contribution is -0.146. The molecule has 6 atom stereocenters. The van der Waals surface area contributed by atoms with Crippen molar-refractivity contribution in [2.75, 3.05) is 238 Å². The van der Waals surface area contributed by atoms with E-state index in [1.165, 1.54) is 0 Å². The van der Waals surface area contributed by atoms with Gasteiger partial charge in [0.1, 0.15) is 89.5 Å². The fraction of sp³-hybridized carbons (Fsp3) is 0.840. The number of hydrogen-bond acceptors (Lipinski definition) is 29. The highest BCUT2D eigenvalue weighted by Gasteiger charge is 2.21. The van der Waals surface area contributed by atoms with Crippen LogP contribution in [0.4, 0.5) is 0 Å². The predicted molar refractivity (Wildman–Crippen MR) is 282 cm³/mol. The third-order valence-corrected chi connectivity index (χ3v) is 9.68. The Morgan fingerprint density at radius 2 is 0.287 bits per heavy atom. The molecule has 0 aromatic rings. The van der Waals surface area contributed by atoms with Gasteiger partial charge in [0.15, 0.2) is 0 Å². The summed E-state index contributed by atoms with van der Waals surface area (Å²) in [6, 6.07) is 0. The molecule has 0 rings (SSSR count). The largest absolute Gasteiger partial charge is 0.480 e. The van der Waals surface area contributed by atoms with Crippen molar-refractivity contribution in [3.05, 3.63) is 0 Å². The molecule has 0 saturated carbocycles. The summed E-state index contributed by atoms with van der Waals surface area (Å²) in [7, 11) is 0. The number of carboxylic acids is 8. The Bertz CT molecular complexity index is 1640. The summed E-state index contributed by atoms with van der Waals surface area (Å²) in [6.45, 7) is -7.54. The zero-order valence-electron chi connectivity index (χ0n) is 48.3. The molecule has 0 bridgehead atoms. The van der Waals surface area contributed by atoms with Crippen molar-refractivity contribution in [1.82, 2.24) is 0 Å². The van der Waals surface area contributed by atoms with Crippen LogP contribution in [0.15, 0.2) is 0 Å². The molecule has 0 aliphatic carbocycles. The van der Waals surface area contributed by atoms with E-state index in [0.29, 0.717) is 0 Å². The Morgan fingerprint density at radius 3 is 0.425 bits per heavy atom. The van der Waals surface area contributed by atoms with Crippen molar-refractivity contribution >= 4 is 47.8 Å². The first-order valence-electron chi connectivity index (χ1n) is 27.0. The minimum atomic E-state index is -1.21. The zero-order chi connectivity index (χ0) is 64.4. The zero-order valence-corrected chi connectivity index (χ0v) is 48.3. The molecule has 6 unspecified atom stereocenters. The summed E-state index contributed by atoms with van der Waals surface area (Å²) < 4.78 is 116. The van der Waals surface area contributed by atoms with Crippen LogP contribution in [0.2, 0.25) is 0 Å². The van der Waals surface area contributed by atoms with E-state index in [0.717, 1.165) is 0 Å². The van der Waals surface area contributed by atoms with Crippen molar-refractivity contribution in [3.8, 4) is 0 Å². The van der Waals surface area contributed by atoms with E-state index in [9.17, 15) is 38.4 Å². The van der Waals surface area contributed by atoms with Gasteiger partial charge in [-0.05, 0) is 0 Å². The topological polar surface area (TPSA) is 492 Å². The first-order chi connectivity index (χ1) is 41.9. The van der Waals surface area contributed by atoms with Crippen LogP contribution >= 0.6 is 0 Å². The lowest BCUT2D eigenvalue weighted by atomic mass is 10.3. The molecule has 8 N–H and O–H groups in total. The maximum absolute atomic E-state index is 11.0. The van der Waals surface area contributed by atoms with Gasteiger partial charge in [-0.1, -0.05) is 0 Å². The molecule has 0 amide bonds. The monoisotopic (exact) mass is 1280 g/mol. The van der Waals surface area contributed by atoms with Crippen molar-refractivity contribution in [1.29, 1.82) is 0 Å². The van der Waals surface area contributed by atoms with Crippen LogP contribution in [0.5, 0.6) is 0 Å². The molecule has 0 aromatic heterocycles. The fourth-order valence-electron chi connectivity index (χ4n) is 6.10. The molecule has 87 heavy (non-hydrogen) atoms. The maximum atomic E-state index is 11.0. The third-order valence-electron chi connectivity index (χ3n) is 9.68. The van der Waals surface area contributed by atoms with E-state index >= 15 is 0 Å². The SMILES string of the molecule is O=C(O)COCCOCC(COCC(COCC(COCC(COCC(COCC(COCCOCC(=O)O)OCCOCC(=O)O)OCCOCC(=O)O)OCCOCC(=O)O)OCCOCC(=O)O)OCCOCC(=O)O)OCCOCC(=O)O. The molecular weight excluding hydrogens is 1190 g/mol. The normalized spacial score (nSPS) is 13.6. The Labute approximate surface area is 500 Å². The van der Waals surface area contributed by atoms with Crippen LogP contribution in [0, 0.1) is 0 Å². The van der Waals surface area contributed by atoms with Crippen molar-refractivity contribution in [3.63, 3.8) is 0 Å². The molecule has 0 heterocycles. The van der Waals surface area contributed by atoms with Crippen LogP contribution < -0.4 is 0 Å². The number of carbonyl (C=O) groups is 8. The van der Waals surface area contributed by atoms with E-state index in [4.69, 9.17) is 140 Å². The highest BCUT2D eigenvalue weighted by atomic mass is 16.6. The number of hydrogen-bond donors (Lipinski definition) is 8. The average molecular weight is 1280 g/mol. The van der Waals surface area contributed by atoms with Gasteiger partial charge in [-0.2, -0.15) is 0 Å². The van der Waals surface area contributed by atoms with Gasteiger partial charge < -0.3 is 140 Å². The van der Waals surface area contributed by atoms with Gasteiger partial charge >= 0.3 is 47.8 Å². The van der Waals surface area contributed by atoms with E-state index in [1.54, 1.807) is 0 Å².